The molecule has 0 bridgehead atoms. The first-order chi connectivity index (χ1) is 9.13. The number of halogens is 4. The van der Waals surface area contributed by atoms with Crippen LogP contribution in [0.15, 0.2) is 24.3 Å². The van der Waals surface area contributed by atoms with Gasteiger partial charge in [0.1, 0.15) is 5.75 Å². The maximum Gasteiger partial charge on any atom is 0.251 e. The van der Waals surface area contributed by atoms with Crippen molar-refractivity contribution in [3.63, 3.8) is 0 Å². The molecule has 0 unspecified atom stereocenters. The van der Waals surface area contributed by atoms with Gasteiger partial charge in [-0.1, -0.05) is 6.07 Å². The van der Waals surface area contributed by atoms with Crippen LogP contribution in [0.3, 0.4) is 0 Å². The summed E-state index contributed by atoms with van der Waals surface area (Å²) in [6, 6.07) is 7.89. The van der Waals surface area contributed by atoms with Gasteiger partial charge in [0.05, 0.1) is 13.2 Å². The average Bonchev–Trinajstić information content (AvgIpc) is 2.36. The summed E-state index contributed by atoms with van der Waals surface area (Å²) in [4.78, 5) is 1.84. The zero-order valence-corrected chi connectivity index (χ0v) is 14.1. The van der Waals surface area contributed by atoms with E-state index in [1.165, 1.54) is 0 Å². The Morgan fingerprint density at radius 1 is 1.40 bits per heavy atom. The number of rotatable bonds is 5. The Kier molecular flexibility index (Phi) is 8.06. The van der Waals surface area contributed by atoms with Crippen molar-refractivity contribution >= 4 is 35.0 Å². The molecule has 1 heterocycles. The molecule has 20 heavy (non-hydrogen) atoms. The van der Waals surface area contributed by atoms with Gasteiger partial charge >= 0.3 is 0 Å². The van der Waals surface area contributed by atoms with Crippen molar-refractivity contribution in [3.05, 3.63) is 27.8 Å². The van der Waals surface area contributed by atoms with Crippen molar-refractivity contribution < 1.29 is 13.5 Å². The number of likely N-dealkylation sites (tertiary alicyclic amines) is 1. The Morgan fingerprint density at radius 2 is 2.20 bits per heavy atom. The minimum atomic E-state index is -2.24. The molecule has 1 aliphatic heterocycles. The monoisotopic (exact) mass is 417 g/mol. The second-order valence-electron chi connectivity index (χ2n) is 4.93. The highest BCUT2D eigenvalue weighted by molar-refractivity contribution is 14.1. The lowest BCUT2D eigenvalue weighted by molar-refractivity contribution is 0.0552. The van der Waals surface area contributed by atoms with E-state index < -0.39 is 6.43 Å². The lowest BCUT2D eigenvalue weighted by atomic mass is 9.99. The SMILES string of the molecule is Cl.FC(F)CN1CCC[C@H](COc2cccc(I)c2)C1. The molecule has 1 aromatic carbocycles. The van der Waals surface area contributed by atoms with Crippen LogP contribution < -0.4 is 4.74 Å². The fourth-order valence-corrected chi connectivity index (χ4v) is 2.93. The number of ether oxygens (including phenoxy) is 1. The lowest BCUT2D eigenvalue weighted by Crippen LogP contribution is -2.40. The molecular weight excluding hydrogens is 399 g/mol. The fraction of sp³-hybridized carbons (Fsp3) is 0.571. The number of benzene rings is 1. The summed E-state index contributed by atoms with van der Waals surface area (Å²) in [5.74, 6) is 1.21. The van der Waals surface area contributed by atoms with Gasteiger partial charge in [-0.25, -0.2) is 8.78 Å². The quantitative estimate of drug-likeness (QED) is 0.670. The molecule has 1 aromatic rings. The first-order valence-corrected chi connectivity index (χ1v) is 7.60. The van der Waals surface area contributed by atoms with E-state index in [9.17, 15) is 8.78 Å². The van der Waals surface area contributed by atoms with E-state index >= 15 is 0 Å². The molecular formula is C14H19ClF2INO. The zero-order chi connectivity index (χ0) is 13.7. The number of hydrogen-bond donors (Lipinski definition) is 0. The summed E-state index contributed by atoms with van der Waals surface area (Å²) in [7, 11) is 0. The second-order valence-corrected chi connectivity index (χ2v) is 6.17. The fourth-order valence-electron chi connectivity index (χ4n) is 2.42. The van der Waals surface area contributed by atoms with Crippen LogP contribution >= 0.6 is 35.0 Å². The maximum atomic E-state index is 12.4. The third-order valence-electron chi connectivity index (χ3n) is 3.28. The molecule has 0 aromatic heterocycles. The summed E-state index contributed by atoms with van der Waals surface area (Å²) in [6.07, 6.45) is -0.202. The molecule has 1 aliphatic rings. The van der Waals surface area contributed by atoms with Gasteiger partial charge in [0.25, 0.3) is 6.43 Å². The summed E-state index contributed by atoms with van der Waals surface area (Å²) >= 11 is 2.24. The first kappa shape index (κ1) is 17.9. The summed E-state index contributed by atoms with van der Waals surface area (Å²) in [5, 5.41) is 0. The Morgan fingerprint density at radius 3 is 2.90 bits per heavy atom. The number of piperidine rings is 1. The highest BCUT2D eigenvalue weighted by atomic mass is 127. The summed E-state index contributed by atoms with van der Waals surface area (Å²) in [6.45, 7) is 2.00. The maximum absolute atomic E-state index is 12.4. The van der Waals surface area contributed by atoms with Crippen LogP contribution in [0.5, 0.6) is 5.75 Å². The smallest absolute Gasteiger partial charge is 0.251 e. The molecule has 1 atom stereocenters. The standard InChI is InChI=1S/C14H18F2INO.ClH/c15-14(16)9-18-6-2-3-11(8-18)10-19-13-5-1-4-12(17)7-13;/h1,4-5,7,11,14H,2-3,6,8-10H2;1H/t11-;/m0./s1. The van der Waals surface area contributed by atoms with Gasteiger partial charge in [-0.3, -0.25) is 4.90 Å². The largest absolute Gasteiger partial charge is 0.493 e. The van der Waals surface area contributed by atoms with Gasteiger partial charge in [0.15, 0.2) is 0 Å². The van der Waals surface area contributed by atoms with Crippen molar-refractivity contribution in [1.29, 1.82) is 0 Å². The minimum Gasteiger partial charge on any atom is -0.493 e. The van der Waals surface area contributed by atoms with Gasteiger partial charge in [-0.2, -0.15) is 0 Å². The Bertz CT molecular complexity index is 409. The molecule has 1 saturated heterocycles. The Hall–Kier alpha value is -0.140. The molecule has 0 radical (unpaired) electrons. The third kappa shape index (κ3) is 6.10. The Balaban J connectivity index is 0.00000200. The number of alkyl halides is 2. The molecule has 6 heteroatoms. The highest BCUT2D eigenvalue weighted by Crippen LogP contribution is 2.20. The molecule has 0 amide bonds. The van der Waals surface area contributed by atoms with Crippen molar-refractivity contribution in [2.24, 2.45) is 5.92 Å². The molecule has 0 spiro atoms. The third-order valence-corrected chi connectivity index (χ3v) is 3.95. The highest BCUT2D eigenvalue weighted by Gasteiger charge is 2.22. The van der Waals surface area contributed by atoms with Gasteiger partial charge < -0.3 is 4.74 Å². The predicted octanol–water partition coefficient (Wildman–Crippen LogP) is 4.07. The van der Waals surface area contributed by atoms with Crippen LogP contribution in [0.1, 0.15) is 12.8 Å². The molecule has 0 N–H and O–H groups in total. The van der Waals surface area contributed by atoms with Gasteiger partial charge in [0.2, 0.25) is 0 Å². The van der Waals surface area contributed by atoms with Crippen LogP contribution in [0.25, 0.3) is 0 Å². The minimum absolute atomic E-state index is 0. The van der Waals surface area contributed by atoms with Crippen LogP contribution in [-0.4, -0.2) is 37.6 Å². The molecule has 2 rings (SSSR count). The molecule has 1 fully saturated rings. The Labute approximate surface area is 138 Å². The van der Waals surface area contributed by atoms with E-state index in [1.54, 1.807) is 0 Å². The van der Waals surface area contributed by atoms with E-state index in [4.69, 9.17) is 4.74 Å². The van der Waals surface area contributed by atoms with E-state index in [0.717, 1.165) is 28.7 Å². The molecule has 0 saturated carbocycles. The van der Waals surface area contributed by atoms with Crippen molar-refractivity contribution in [3.8, 4) is 5.75 Å². The topological polar surface area (TPSA) is 12.5 Å². The number of hydrogen-bond acceptors (Lipinski definition) is 2. The van der Waals surface area contributed by atoms with Crippen LogP contribution in [0.2, 0.25) is 0 Å². The normalized spacial score (nSPS) is 19.7. The molecule has 114 valence electrons. The average molecular weight is 418 g/mol. The van der Waals surface area contributed by atoms with E-state index in [1.807, 2.05) is 29.2 Å². The summed E-state index contributed by atoms with van der Waals surface area (Å²) in [5.41, 5.74) is 0. The zero-order valence-electron chi connectivity index (χ0n) is 11.1. The number of nitrogens with zero attached hydrogens (tertiary/aromatic N) is 1. The van der Waals surface area contributed by atoms with Crippen molar-refractivity contribution in [2.45, 2.75) is 19.3 Å². The van der Waals surface area contributed by atoms with Crippen LogP contribution in [0, 0.1) is 9.49 Å². The van der Waals surface area contributed by atoms with Gasteiger partial charge in [-0.15, -0.1) is 12.4 Å². The van der Waals surface area contributed by atoms with Crippen LogP contribution in [-0.2, 0) is 0 Å². The molecule has 2 nitrogen and oxygen atoms in total. The lowest BCUT2D eigenvalue weighted by Gasteiger charge is -2.32. The van der Waals surface area contributed by atoms with E-state index in [2.05, 4.69) is 22.6 Å². The van der Waals surface area contributed by atoms with Crippen molar-refractivity contribution in [2.75, 3.05) is 26.2 Å². The predicted molar refractivity (Wildman–Crippen MR) is 87.1 cm³/mol. The van der Waals surface area contributed by atoms with Gasteiger partial charge in [0, 0.05) is 16.0 Å². The van der Waals surface area contributed by atoms with Crippen LogP contribution in [0.4, 0.5) is 8.78 Å². The van der Waals surface area contributed by atoms with Crippen molar-refractivity contribution in [1.82, 2.24) is 4.90 Å². The summed E-state index contributed by atoms with van der Waals surface area (Å²) < 4.78 is 31.6. The second kappa shape index (κ2) is 9.00. The van der Waals surface area contributed by atoms with E-state index in [-0.39, 0.29) is 19.0 Å². The van der Waals surface area contributed by atoms with E-state index in [0.29, 0.717) is 19.1 Å². The molecule has 0 aliphatic carbocycles. The van der Waals surface area contributed by atoms with Gasteiger partial charge in [-0.05, 0) is 60.2 Å². The first-order valence-electron chi connectivity index (χ1n) is 6.52.